The summed E-state index contributed by atoms with van der Waals surface area (Å²) in [6, 6.07) is 3.61. The van der Waals surface area contributed by atoms with Gasteiger partial charge in [0.05, 0.1) is 17.8 Å². The van der Waals surface area contributed by atoms with Gasteiger partial charge >= 0.3 is 0 Å². The molecule has 0 spiro atoms. The number of nitrogens with two attached hydrogens (primary N) is 1. The van der Waals surface area contributed by atoms with Gasteiger partial charge in [-0.2, -0.15) is 0 Å². The van der Waals surface area contributed by atoms with Gasteiger partial charge in [-0.1, -0.05) is 6.42 Å². The van der Waals surface area contributed by atoms with Crippen LogP contribution in [0.25, 0.3) is 0 Å². The highest BCUT2D eigenvalue weighted by molar-refractivity contribution is 9.10. The summed E-state index contributed by atoms with van der Waals surface area (Å²) in [7, 11) is 0. The van der Waals surface area contributed by atoms with E-state index in [1.807, 2.05) is 6.07 Å². The number of aromatic nitrogens is 1. The van der Waals surface area contributed by atoms with E-state index in [1.54, 1.807) is 12.3 Å². The maximum Gasteiger partial charge on any atom is 0.229 e. The second-order valence-corrected chi connectivity index (χ2v) is 4.87. The van der Waals surface area contributed by atoms with E-state index in [1.165, 1.54) is 0 Å². The number of rotatable bonds is 2. The molecule has 0 bridgehead atoms. The standard InChI is InChI=1S/C11H14BrN3O/c12-10-5-4-7(6-14-10)15-11(16)8-2-1-3-9(8)13/h4-6,8-9H,1-3,13H2,(H,15,16). The summed E-state index contributed by atoms with van der Waals surface area (Å²) in [4.78, 5) is 15.9. The van der Waals surface area contributed by atoms with Gasteiger partial charge in [0.2, 0.25) is 5.91 Å². The van der Waals surface area contributed by atoms with Crippen LogP contribution in [0.3, 0.4) is 0 Å². The number of amides is 1. The molecule has 1 aliphatic carbocycles. The molecule has 1 aromatic rings. The largest absolute Gasteiger partial charge is 0.327 e. The molecular formula is C11H14BrN3O. The Morgan fingerprint density at radius 2 is 2.31 bits per heavy atom. The highest BCUT2D eigenvalue weighted by Gasteiger charge is 2.30. The van der Waals surface area contributed by atoms with Crippen LogP contribution >= 0.6 is 15.9 Å². The van der Waals surface area contributed by atoms with Crippen molar-refractivity contribution in [3.63, 3.8) is 0 Å². The van der Waals surface area contributed by atoms with E-state index >= 15 is 0 Å². The minimum Gasteiger partial charge on any atom is -0.327 e. The molecule has 0 radical (unpaired) electrons. The van der Waals surface area contributed by atoms with Gasteiger partial charge in [-0.15, -0.1) is 0 Å². The highest BCUT2D eigenvalue weighted by atomic mass is 79.9. The Balaban J connectivity index is 1.99. The van der Waals surface area contributed by atoms with E-state index in [9.17, 15) is 4.79 Å². The molecule has 0 saturated heterocycles. The Bertz CT molecular complexity index is 379. The van der Waals surface area contributed by atoms with Gasteiger partial charge in [0.1, 0.15) is 4.60 Å². The van der Waals surface area contributed by atoms with Crippen molar-refractivity contribution in [1.82, 2.24) is 4.98 Å². The molecule has 0 aromatic carbocycles. The van der Waals surface area contributed by atoms with E-state index < -0.39 is 0 Å². The molecular weight excluding hydrogens is 270 g/mol. The zero-order valence-corrected chi connectivity index (χ0v) is 10.4. The predicted molar refractivity (Wildman–Crippen MR) is 65.9 cm³/mol. The van der Waals surface area contributed by atoms with Crippen molar-refractivity contribution in [3.8, 4) is 0 Å². The molecule has 1 aliphatic rings. The van der Waals surface area contributed by atoms with Crippen molar-refractivity contribution in [2.75, 3.05) is 5.32 Å². The molecule has 3 N–H and O–H groups in total. The van der Waals surface area contributed by atoms with Crippen LogP contribution in [0.4, 0.5) is 5.69 Å². The molecule has 1 fully saturated rings. The van der Waals surface area contributed by atoms with Crippen LogP contribution in [0.5, 0.6) is 0 Å². The second-order valence-electron chi connectivity index (χ2n) is 4.06. The average molecular weight is 284 g/mol. The first kappa shape index (κ1) is 11.5. The lowest BCUT2D eigenvalue weighted by atomic mass is 10.0. The van der Waals surface area contributed by atoms with Gasteiger partial charge in [0, 0.05) is 6.04 Å². The van der Waals surface area contributed by atoms with Crippen molar-refractivity contribution in [3.05, 3.63) is 22.9 Å². The topological polar surface area (TPSA) is 68.0 Å². The van der Waals surface area contributed by atoms with Crippen molar-refractivity contribution < 1.29 is 4.79 Å². The Morgan fingerprint density at radius 1 is 1.50 bits per heavy atom. The SMILES string of the molecule is NC1CCCC1C(=O)Nc1ccc(Br)nc1. The number of nitrogens with one attached hydrogen (secondary N) is 1. The summed E-state index contributed by atoms with van der Waals surface area (Å²) < 4.78 is 0.753. The zero-order chi connectivity index (χ0) is 11.5. The molecule has 86 valence electrons. The number of nitrogens with zero attached hydrogens (tertiary/aromatic N) is 1. The molecule has 1 aromatic heterocycles. The van der Waals surface area contributed by atoms with Gasteiger partial charge in [0.25, 0.3) is 0 Å². The normalized spacial score (nSPS) is 24.4. The van der Waals surface area contributed by atoms with E-state index in [2.05, 4.69) is 26.2 Å². The zero-order valence-electron chi connectivity index (χ0n) is 8.82. The Kier molecular flexibility index (Phi) is 3.56. The number of carbonyl (C=O) groups excluding carboxylic acids is 1. The fourth-order valence-corrected chi connectivity index (χ4v) is 2.23. The van der Waals surface area contributed by atoms with Crippen LogP contribution in [0.2, 0.25) is 0 Å². The Morgan fingerprint density at radius 3 is 2.88 bits per heavy atom. The summed E-state index contributed by atoms with van der Waals surface area (Å²) in [5, 5.41) is 2.84. The third-order valence-electron chi connectivity index (χ3n) is 2.90. The minimum absolute atomic E-state index is 0.00316. The summed E-state index contributed by atoms with van der Waals surface area (Å²) in [5.74, 6) is -0.0437. The third-order valence-corrected chi connectivity index (χ3v) is 3.37. The fraction of sp³-hybridized carbons (Fsp3) is 0.455. The lowest BCUT2D eigenvalue weighted by Gasteiger charge is -2.14. The molecule has 2 atom stereocenters. The van der Waals surface area contributed by atoms with Gasteiger partial charge in [-0.25, -0.2) is 4.98 Å². The number of hydrogen-bond donors (Lipinski definition) is 2. The van der Waals surface area contributed by atoms with Crippen LogP contribution in [0.1, 0.15) is 19.3 Å². The number of anilines is 1. The van der Waals surface area contributed by atoms with Gasteiger partial charge in [0.15, 0.2) is 0 Å². The molecule has 1 amide bonds. The maximum absolute atomic E-state index is 11.9. The third kappa shape index (κ3) is 2.59. The predicted octanol–water partition coefficient (Wildman–Crippen LogP) is 1.91. The van der Waals surface area contributed by atoms with Gasteiger partial charge < -0.3 is 11.1 Å². The summed E-state index contributed by atoms with van der Waals surface area (Å²) in [5.41, 5.74) is 6.59. The summed E-state index contributed by atoms with van der Waals surface area (Å²) in [6.07, 6.45) is 4.49. The first-order chi connectivity index (χ1) is 7.66. The number of halogens is 1. The monoisotopic (exact) mass is 283 g/mol. The molecule has 2 rings (SSSR count). The molecule has 1 heterocycles. The molecule has 0 aliphatic heterocycles. The molecule has 1 saturated carbocycles. The van der Waals surface area contributed by atoms with Gasteiger partial charge in [-0.05, 0) is 40.9 Å². The van der Waals surface area contributed by atoms with E-state index in [-0.39, 0.29) is 17.9 Å². The smallest absolute Gasteiger partial charge is 0.229 e. The first-order valence-corrected chi connectivity index (χ1v) is 6.14. The van der Waals surface area contributed by atoms with Crippen LogP contribution in [-0.4, -0.2) is 16.9 Å². The lowest BCUT2D eigenvalue weighted by Crippen LogP contribution is -2.34. The minimum atomic E-state index is -0.0522. The van der Waals surface area contributed by atoms with Crippen molar-refractivity contribution in [1.29, 1.82) is 0 Å². The number of carbonyl (C=O) groups is 1. The molecule has 5 heteroatoms. The summed E-state index contributed by atoms with van der Waals surface area (Å²) >= 11 is 3.24. The van der Waals surface area contributed by atoms with Crippen molar-refractivity contribution in [2.24, 2.45) is 11.7 Å². The number of hydrogen-bond acceptors (Lipinski definition) is 3. The molecule has 16 heavy (non-hydrogen) atoms. The van der Waals surface area contributed by atoms with E-state index in [0.717, 1.165) is 23.9 Å². The van der Waals surface area contributed by atoms with E-state index in [4.69, 9.17) is 5.73 Å². The second kappa shape index (κ2) is 4.93. The van der Waals surface area contributed by atoms with Crippen molar-refractivity contribution >= 4 is 27.5 Å². The fourth-order valence-electron chi connectivity index (χ4n) is 2.00. The summed E-state index contributed by atoms with van der Waals surface area (Å²) in [6.45, 7) is 0. The number of pyridine rings is 1. The van der Waals surface area contributed by atoms with Crippen molar-refractivity contribution in [2.45, 2.75) is 25.3 Å². The van der Waals surface area contributed by atoms with Crippen LogP contribution in [0.15, 0.2) is 22.9 Å². The Labute approximate surface area is 103 Å². The van der Waals surface area contributed by atoms with Gasteiger partial charge in [-0.3, -0.25) is 4.79 Å². The molecule has 2 unspecified atom stereocenters. The van der Waals surface area contributed by atoms with Crippen LogP contribution in [0, 0.1) is 5.92 Å². The first-order valence-electron chi connectivity index (χ1n) is 5.35. The van der Waals surface area contributed by atoms with Crippen LogP contribution in [-0.2, 0) is 4.79 Å². The molecule has 4 nitrogen and oxygen atoms in total. The van der Waals surface area contributed by atoms with E-state index in [0.29, 0.717) is 5.69 Å². The van der Waals surface area contributed by atoms with Crippen LogP contribution < -0.4 is 11.1 Å². The maximum atomic E-state index is 11.9. The lowest BCUT2D eigenvalue weighted by molar-refractivity contribution is -0.120. The highest BCUT2D eigenvalue weighted by Crippen LogP contribution is 2.25. The average Bonchev–Trinajstić information content (AvgIpc) is 2.68. The quantitative estimate of drug-likeness (QED) is 0.815. The Hall–Kier alpha value is -0.940.